The van der Waals surface area contributed by atoms with E-state index in [9.17, 15) is 14.0 Å². The highest BCUT2D eigenvalue weighted by atomic mass is 35.5. The molecule has 0 aliphatic heterocycles. The van der Waals surface area contributed by atoms with Crippen LogP contribution in [0.15, 0.2) is 60.8 Å². The number of nitrogens with zero attached hydrogens (tertiary/aromatic N) is 2. The molecule has 2 aromatic carbocycles. The van der Waals surface area contributed by atoms with E-state index in [1.165, 1.54) is 24.4 Å². The van der Waals surface area contributed by atoms with Gasteiger partial charge in [0.25, 0.3) is 11.8 Å². The van der Waals surface area contributed by atoms with Gasteiger partial charge in [-0.15, -0.1) is 0 Å². The molecular weight excluding hydrogens is 469 g/mol. The Balaban J connectivity index is 1.76. The van der Waals surface area contributed by atoms with Gasteiger partial charge in [0.15, 0.2) is 0 Å². The maximum atomic E-state index is 14.9. The van der Waals surface area contributed by atoms with Gasteiger partial charge in [-0.2, -0.15) is 0 Å². The molecule has 0 saturated heterocycles. The van der Waals surface area contributed by atoms with Crippen LogP contribution in [0.4, 0.5) is 15.9 Å². The Hall–Kier alpha value is -3.78. The Bertz CT molecular complexity index is 1220. The fourth-order valence-corrected chi connectivity index (χ4v) is 3.53. The third-order valence-electron chi connectivity index (χ3n) is 5.36. The number of aromatic nitrogens is 1. The van der Waals surface area contributed by atoms with Gasteiger partial charge < -0.3 is 15.5 Å². The number of nitrogens with one attached hydrogen (secondary N) is 3. The van der Waals surface area contributed by atoms with Crippen LogP contribution in [0, 0.1) is 11.2 Å². The van der Waals surface area contributed by atoms with Gasteiger partial charge in [0.1, 0.15) is 17.5 Å². The summed E-state index contributed by atoms with van der Waals surface area (Å²) in [5.74, 6) is -1.44. The lowest BCUT2D eigenvalue weighted by atomic mass is 10.1. The Morgan fingerprint density at radius 2 is 1.77 bits per heavy atom. The second-order valence-electron chi connectivity index (χ2n) is 7.79. The Kier molecular flexibility index (Phi) is 8.92. The predicted octanol–water partition coefficient (Wildman–Crippen LogP) is 5.83. The van der Waals surface area contributed by atoms with Crippen molar-refractivity contribution in [3.05, 3.63) is 88.3 Å². The van der Waals surface area contributed by atoms with Crippen LogP contribution in [-0.4, -0.2) is 40.6 Å². The first kappa shape index (κ1) is 25.8. The van der Waals surface area contributed by atoms with Crippen molar-refractivity contribution < 1.29 is 14.0 Å². The summed E-state index contributed by atoms with van der Waals surface area (Å²) in [6, 6.07) is 13.6. The number of hydrogen-bond donors (Lipinski definition) is 3. The number of halogens is 2. The second-order valence-corrected chi connectivity index (χ2v) is 8.23. The van der Waals surface area contributed by atoms with Crippen molar-refractivity contribution in [3.63, 3.8) is 0 Å². The summed E-state index contributed by atoms with van der Waals surface area (Å²) in [7, 11) is 0. The number of pyridine rings is 1. The number of hydrogen-bond acceptors (Lipinski definition) is 4. The lowest BCUT2D eigenvalue weighted by Crippen LogP contribution is -2.32. The summed E-state index contributed by atoms with van der Waals surface area (Å²) >= 11 is 5.82. The number of amidine groups is 1. The van der Waals surface area contributed by atoms with E-state index in [0.717, 1.165) is 12.8 Å². The molecule has 182 valence electrons. The smallest absolute Gasteiger partial charge is 0.258 e. The highest BCUT2D eigenvalue weighted by Gasteiger charge is 2.19. The van der Waals surface area contributed by atoms with Crippen molar-refractivity contribution in [1.29, 1.82) is 5.41 Å². The first-order valence-electron chi connectivity index (χ1n) is 11.3. The molecule has 0 unspecified atom stereocenters. The molecule has 3 rings (SSSR count). The minimum absolute atomic E-state index is 0.186. The van der Waals surface area contributed by atoms with E-state index in [4.69, 9.17) is 17.0 Å². The zero-order valence-electron chi connectivity index (χ0n) is 19.6. The molecule has 0 aliphatic rings. The number of unbranched alkanes of at least 4 members (excludes halogenated alkanes) is 1. The van der Waals surface area contributed by atoms with Crippen molar-refractivity contribution in [1.82, 2.24) is 9.88 Å². The maximum absolute atomic E-state index is 14.9. The molecule has 7 nitrogen and oxygen atoms in total. The molecule has 0 aliphatic carbocycles. The predicted molar refractivity (Wildman–Crippen MR) is 137 cm³/mol. The van der Waals surface area contributed by atoms with Gasteiger partial charge >= 0.3 is 0 Å². The molecule has 35 heavy (non-hydrogen) atoms. The fourth-order valence-electron chi connectivity index (χ4n) is 3.42. The van der Waals surface area contributed by atoms with Crippen LogP contribution in [0.2, 0.25) is 5.02 Å². The van der Waals surface area contributed by atoms with E-state index < -0.39 is 17.6 Å². The molecule has 0 fully saturated rings. The number of amides is 2. The minimum Gasteiger partial charge on any atom is -0.357 e. The van der Waals surface area contributed by atoms with Gasteiger partial charge in [0, 0.05) is 24.8 Å². The average Bonchev–Trinajstić information content (AvgIpc) is 2.85. The van der Waals surface area contributed by atoms with Crippen molar-refractivity contribution in [3.8, 4) is 0 Å². The molecule has 0 atom stereocenters. The van der Waals surface area contributed by atoms with Crippen LogP contribution < -0.4 is 10.6 Å². The monoisotopic (exact) mass is 495 g/mol. The first-order chi connectivity index (χ1) is 16.8. The van der Waals surface area contributed by atoms with Gasteiger partial charge in [-0.1, -0.05) is 43.1 Å². The molecule has 1 aromatic heterocycles. The molecule has 9 heteroatoms. The van der Waals surface area contributed by atoms with E-state index in [1.807, 2.05) is 11.8 Å². The molecule has 0 radical (unpaired) electrons. The molecule has 0 saturated carbocycles. The van der Waals surface area contributed by atoms with Gasteiger partial charge in [-0.3, -0.25) is 15.0 Å². The second kappa shape index (κ2) is 12.1. The normalized spacial score (nSPS) is 10.5. The van der Waals surface area contributed by atoms with Crippen molar-refractivity contribution >= 4 is 40.8 Å². The molecule has 1 heterocycles. The van der Waals surface area contributed by atoms with Crippen LogP contribution in [0.25, 0.3) is 0 Å². The Labute approximate surface area is 208 Å². The fraction of sp³-hybridized carbons (Fsp3) is 0.231. The number of anilines is 2. The third-order valence-corrected chi connectivity index (χ3v) is 5.58. The summed E-state index contributed by atoms with van der Waals surface area (Å²) in [4.78, 5) is 31.5. The number of rotatable bonds is 9. The van der Waals surface area contributed by atoms with Crippen LogP contribution in [-0.2, 0) is 0 Å². The first-order valence-corrected chi connectivity index (χ1v) is 11.7. The van der Waals surface area contributed by atoms with Crippen LogP contribution in [0.5, 0.6) is 0 Å². The van der Waals surface area contributed by atoms with Crippen LogP contribution in [0.3, 0.4) is 0 Å². The highest BCUT2D eigenvalue weighted by Crippen LogP contribution is 2.20. The quantitative estimate of drug-likeness (QED) is 0.257. The summed E-state index contributed by atoms with van der Waals surface area (Å²) in [5, 5.41) is 14.1. The Morgan fingerprint density at radius 1 is 1.03 bits per heavy atom. The SMILES string of the molecule is CCCCN(CC)C(=N)c1ccc(C(=O)Nc2ccccc2C(=O)Nc2ccc(Cl)cn2)c(F)c1. The largest absolute Gasteiger partial charge is 0.357 e. The summed E-state index contributed by atoms with van der Waals surface area (Å²) in [6.45, 7) is 5.35. The van der Waals surface area contributed by atoms with Crippen molar-refractivity contribution in [2.75, 3.05) is 23.7 Å². The van der Waals surface area contributed by atoms with E-state index in [2.05, 4.69) is 22.5 Å². The third kappa shape index (κ3) is 6.64. The average molecular weight is 496 g/mol. The zero-order valence-corrected chi connectivity index (χ0v) is 20.3. The standard InChI is InChI=1S/C26H27ClFN5O2/c1-3-5-14-33(4-2)24(29)17-10-12-19(21(28)15-17)25(34)31-22-9-7-6-8-20(22)26(35)32-23-13-11-18(27)16-30-23/h6-13,15-16,29H,3-5,14H2,1-2H3,(H,31,34)(H,30,32,35). The molecule has 3 N–H and O–H groups in total. The molecule has 3 aromatic rings. The van der Waals surface area contributed by atoms with E-state index in [0.29, 0.717) is 29.5 Å². The van der Waals surface area contributed by atoms with E-state index >= 15 is 0 Å². The van der Waals surface area contributed by atoms with Crippen molar-refractivity contribution in [2.24, 2.45) is 0 Å². The summed E-state index contributed by atoms with van der Waals surface area (Å²) < 4.78 is 14.9. The number of benzene rings is 2. The zero-order chi connectivity index (χ0) is 25.4. The molecule has 0 spiro atoms. The molecular formula is C26H27ClFN5O2. The van der Waals surface area contributed by atoms with Gasteiger partial charge in [0.05, 0.1) is 21.8 Å². The minimum atomic E-state index is -0.747. The van der Waals surface area contributed by atoms with E-state index in [1.54, 1.807) is 36.4 Å². The van der Waals surface area contributed by atoms with Crippen LogP contribution in [0.1, 0.15) is 53.0 Å². The van der Waals surface area contributed by atoms with E-state index in [-0.39, 0.29) is 22.6 Å². The summed E-state index contributed by atoms with van der Waals surface area (Å²) in [5.41, 5.74) is 0.614. The summed E-state index contributed by atoms with van der Waals surface area (Å²) in [6.07, 6.45) is 3.33. The number of para-hydroxylation sites is 1. The molecule has 0 bridgehead atoms. The Morgan fingerprint density at radius 3 is 2.43 bits per heavy atom. The lowest BCUT2D eigenvalue weighted by Gasteiger charge is -2.23. The van der Waals surface area contributed by atoms with Gasteiger partial charge in [-0.25, -0.2) is 9.37 Å². The number of carbonyl (C=O) groups excluding carboxylic acids is 2. The highest BCUT2D eigenvalue weighted by molar-refractivity contribution is 6.30. The van der Waals surface area contributed by atoms with Crippen molar-refractivity contribution in [2.45, 2.75) is 26.7 Å². The lowest BCUT2D eigenvalue weighted by molar-refractivity contribution is 0.102. The van der Waals surface area contributed by atoms with Crippen LogP contribution >= 0.6 is 11.6 Å². The van der Waals surface area contributed by atoms with Gasteiger partial charge in [0.2, 0.25) is 0 Å². The topological polar surface area (TPSA) is 98.2 Å². The maximum Gasteiger partial charge on any atom is 0.258 e. The number of carbonyl (C=O) groups is 2. The van der Waals surface area contributed by atoms with Gasteiger partial charge in [-0.05, 0) is 49.7 Å². The molecule has 2 amide bonds.